The van der Waals surface area contributed by atoms with Gasteiger partial charge >= 0.3 is 0 Å². The van der Waals surface area contributed by atoms with Gasteiger partial charge in [0.05, 0.1) is 11.1 Å². The standard InChI is InChI=1S/C14H8N2/c15-8-10-5-13-6-11-3-1-2-4-12(11)7-14(13)16-9-10/h1-7,9H. The molecule has 0 fully saturated rings. The molecule has 74 valence electrons. The Hall–Kier alpha value is -2.40. The summed E-state index contributed by atoms with van der Waals surface area (Å²) in [5.74, 6) is 0. The summed E-state index contributed by atoms with van der Waals surface area (Å²) in [5.41, 5.74) is 1.53. The van der Waals surface area contributed by atoms with Gasteiger partial charge in [0.1, 0.15) is 6.07 Å². The number of nitrogens with zero attached hydrogens (tertiary/aromatic N) is 2. The van der Waals surface area contributed by atoms with Crippen LogP contribution in [0.25, 0.3) is 21.7 Å². The first kappa shape index (κ1) is 8.87. The predicted octanol–water partition coefficient (Wildman–Crippen LogP) is 3.26. The predicted molar refractivity (Wildman–Crippen MR) is 64.0 cm³/mol. The molecule has 0 aliphatic rings. The zero-order chi connectivity index (χ0) is 11.0. The van der Waals surface area contributed by atoms with E-state index >= 15 is 0 Å². The maximum absolute atomic E-state index is 8.82. The van der Waals surface area contributed by atoms with Crippen molar-refractivity contribution in [2.75, 3.05) is 0 Å². The van der Waals surface area contributed by atoms with E-state index in [1.165, 1.54) is 10.8 Å². The summed E-state index contributed by atoms with van der Waals surface area (Å²) in [6.45, 7) is 0. The van der Waals surface area contributed by atoms with Crippen molar-refractivity contribution in [2.24, 2.45) is 0 Å². The molecule has 1 heterocycles. The molecule has 0 atom stereocenters. The first-order chi connectivity index (χ1) is 7.86. The number of aromatic nitrogens is 1. The van der Waals surface area contributed by atoms with Crippen LogP contribution in [-0.4, -0.2) is 4.98 Å². The van der Waals surface area contributed by atoms with E-state index in [2.05, 4.69) is 29.3 Å². The van der Waals surface area contributed by atoms with Gasteiger partial charge in [-0.2, -0.15) is 5.26 Å². The van der Waals surface area contributed by atoms with Crippen molar-refractivity contribution >= 4 is 21.7 Å². The molecule has 0 radical (unpaired) electrons. The second-order valence-electron chi connectivity index (χ2n) is 3.73. The molecule has 0 spiro atoms. The van der Waals surface area contributed by atoms with Crippen LogP contribution in [0.4, 0.5) is 0 Å². The maximum atomic E-state index is 8.82. The molecule has 3 aromatic rings. The van der Waals surface area contributed by atoms with E-state index < -0.39 is 0 Å². The van der Waals surface area contributed by atoms with Crippen molar-refractivity contribution in [1.82, 2.24) is 4.98 Å². The third-order valence-corrected chi connectivity index (χ3v) is 2.68. The number of rotatable bonds is 0. The third-order valence-electron chi connectivity index (χ3n) is 2.68. The van der Waals surface area contributed by atoms with Crippen molar-refractivity contribution in [3.05, 3.63) is 54.2 Å². The fourth-order valence-electron chi connectivity index (χ4n) is 1.88. The lowest BCUT2D eigenvalue weighted by Crippen LogP contribution is -1.82. The van der Waals surface area contributed by atoms with E-state index in [-0.39, 0.29) is 0 Å². The number of pyridine rings is 1. The van der Waals surface area contributed by atoms with Gasteiger partial charge < -0.3 is 0 Å². The van der Waals surface area contributed by atoms with Crippen molar-refractivity contribution in [1.29, 1.82) is 5.26 Å². The van der Waals surface area contributed by atoms with Crippen LogP contribution in [0.1, 0.15) is 5.56 Å². The highest BCUT2D eigenvalue weighted by Crippen LogP contribution is 2.21. The zero-order valence-corrected chi connectivity index (χ0v) is 8.51. The lowest BCUT2D eigenvalue weighted by molar-refractivity contribution is 1.38. The highest BCUT2D eigenvalue weighted by molar-refractivity contribution is 5.96. The highest BCUT2D eigenvalue weighted by atomic mass is 14.6. The van der Waals surface area contributed by atoms with Gasteiger partial charge in [-0.05, 0) is 29.0 Å². The largest absolute Gasteiger partial charge is 0.255 e. The number of hydrogen-bond donors (Lipinski definition) is 0. The molecule has 0 saturated heterocycles. The fraction of sp³-hybridized carbons (Fsp3) is 0. The second-order valence-corrected chi connectivity index (χ2v) is 3.73. The van der Waals surface area contributed by atoms with Crippen molar-refractivity contribution in [3.8, 4) is 6.07 Å². The molecule has 0 bridgehead atoms. The van der Waals surface area contributed by atoms with Gasteiger partial charge in [0.15, 0.2) is 0 Å². The molecule has 0 amide bonds. The van der Waals surface area contributed by atoms with Crippen LogP contribution in [0.2, 0.25) is 0 Å². The monoisotopic (exact) mass is 204 g/mol. The highest BCUT2D eigenvalue weighted by Gasteiger charge is 1.99. The molecule has 16 heavy (non-hydrogen) atoms. The summed E-state index contributed by atoms with van der Waals surface area (Å²) in [6.07, 6.45) is 1.61. The Balaban J connectivity index is 2.43. The van der Waals surface area contributed by atoms with Crippen LogP contribution in [0.3, 0.4) is 0 Å². The molecule has 0 unspecified atom stereocenters. The molecule has 2 heteroatoms. The third kappa shape index (κ3) is 1.31. The summed E-state index contributed by atoms with van der Waals surface area (Å²) in [4.78, 5) is 4.28. The molecule has 2 aromatic carbocycles. The fourth-order valence-corrected chi connectivity index (χ4v) is 1.88. The first-order valence-electron chi connectivity index (χ1n) is 5.05. The second kappa shape index (κ2) is 3.32. The van der Waals surface area contributed by atoms with Crippen LogP contribution in [-0.2, 0) is 0 Å². The molecular weight excluding hydrogens is 196 g/mol. The summed E-state index contributed by atoms with van der Waals surface area (Å²) in [6, 6.07) is 16.2. The van der Waals surface area contributed by atoms with Gasteiger partial charge in [0.2, 0.25) is 0 Å². The molecule has 3 rings (SSSR count). The van der Waals surface area contributed by atoms with Gasteiger partial charge in [-0.1, -0.05) is 24.3 Å². The quantitative estimate of drug-likeness (QED) is 0.527. The van der Waals surface area contributed by atoms with E-state index in [9.17, 15) is 0 Å². The topological polar surface area (TPSA) is 36.7 Å². The Bertz CT molecular complexity index is 723. The maximum Gasteiger partial charge on any atom is 0.101 e. The van der Waals surface area contributed by atoms with Gasteiger partial charge in [-0.15, -0.1) is 0 Å². The lowest BCUT2D eigenvalue weighted by atomic mass is 10.1. The van der Waals surface area contributed by atoms with Crippen molar-refractivity contribution in [2.45, 2.75) is 0 Å². The molecule has 1 aromatic heterocycles. The minimum absolute atomic E-state index is 0.600. The number of nitriles is 1. The summed E-state index contributed by atoms with van der Waals surface area (Å²) in [5, 5.41) is 12.2. The van der Waals surface area contributed by atoms with E-state index in [0.717, 1.165) is 10.9 Å². The van der Waals surface area contributed by atoms with Crippen LogP contribution in [0.5, 0.6) is 0 Å². The Morgan fingerprint density at radius 1 is 0.938 bits per heavy atom. The number of hydrogen-bond acceptors (Lipinski definition) is 2. The van der Waals surface area contributed by atoms with Crippen LogP contribution < -0.4 is 0 Å². The lowest BCUT2D eigenvalue weighted by Gasteiger charge is -2.01. The molecule has 0 N–H and O–H groups in total. The normalized spacial score (nSPS) is 10.4. The summed E-state index contributed by atoms with van der Waals surface area (Å²) < 4.78 is 0. The Morgan fingerprint density at radius 2 is 1.69 bits per heavy atom. The van der Waals surface area contributed by atoms with E-state index in [0.29, 0.717) is 5.56 Å². The van der Waals surface area contributed by atoms with Crippen molar-refractivity contribution < 1.29 is 0 Å². The average molecular weight is 204 g/mol. The van der Waals surface area contributed by atoms with Crippen molar-refractivity contribution in [3.63, 3.8) is 0 Å². The van der Waals surface area contributed by atoms with Gasteiger partial charge in [0, 0.05) is 11.6 Å². The zero-order valence-electron chi connectivity index (χ0n) is 8.51. The molecule has 2 nitrogen and oxygen atoms in total. The summed E-state index contributed by atoms with van der Waals surface area (Å²) in [7, 11) is 0. The van der Waals surface area contributed by atoms with Crippen LogP contribution >= 0.6 is 0 Å². The first-order valence-corrected chi connectivity index (χ1v) is 5.05. The average Bonchev–Trinajstić information content (AvgIpc) is 2.35. The molecule has 0 aliphatic heterocycles. The van der Waals surface area contributed by atoms with E-state index in [1.807, 2.05) is 24.3 Å². The Morgan fingerprint density at radius 3 is 2.44 bits per heavy atom. The number of fused-ring (bicyclic) bond motifs is 2. The van der Waals surface area contributed by atoms with Crippen LogP contribution in [0.15, 0.2) is 48.7 Å². The van der Waals surface area contributed by atoms with Crippen LogP contribution in [0, 0.1) is 11.3 Å². The minimum atomic E-state index is 0.600. The molecular formula is C14H8N2. The van der Waals surface area contributed by atoms with Gasteiger partial charge in [-0.25, -0.2) is 0 Å². The Kier molecular flexibility index (Phi) is 1.84. The summed E-state index contributed by atoms with van der Waals surface area (Å²) >= 11 is 0. The van der Waals surface area contributed by atoms with Gasteiger partial charge in [0.25, 0.3) is 0 Å². The van der Waals surface area contributed by atoms with E-state index in [4.69, 9.17) is 5.26 Å². The van der Waals surface area contributed by atoms with E-state index in [1.54, 1.807) is 6.20 Å². The SMILES string of the molecule is N#Cc1cnc2cc3ccccc3cc2c1. The van der Waals surface area contributed by atoms with Gasteiger partial charge in [-0.3, -0.25) is 4.98 Å². The Labute approximate surface area is 92.8 Å². The number of benzene rings is 2. The minimum Gasteiger partial charge on any atom is -0.255 e. The molecule has 0 saturated carbocycles. The molecule has 0 aliphatic carbocycles. The smallest absolute Gasteiger partial charge is 0.101 e.